The molecule has 0 aromatic carbocycles. The minimum Gasteiger partial charge on any atom is -0.447 e. The fourth-order valence-electron chi connectivity index (χ4n) is 2.43. The average molecular weight is 233 g/mol. The summed E-state index contributed by atoms with van der Waals surface area (Å²) < 4.78 is 27.6. The first-order valence-corrected chi connectivity index (χ1v) is 6.65. The third kappa shape index (κ3) is 1.51. The van der Waals surface area contributed by atoms with E-state index in [9.17, 15) is 13.2 Å². The fraction of sp³-hybridized carbons (Fsp3) is 0.889. The Balaban J connectivity index is 2.22. The van der Waals surface area contributed by atoms with Crippen LogP contribution >= 0.6 is 0 Å². The predicted octanol–water partition coefficient (Wildman–Crippen LogP) is 0.308. The molecular weight excluding hydrogens is 218 g/mol. The molecule has 1 amide bonds. The van der Waals surface area contributed by atoms with E-state index in [2.05, 4.69) is 5.32 Å². The number of carbonyl (C=O) groups excluding carboxylic acids is 1. The molecule has 0 aliphatic carbocycles. The van der Waals surface area contributed by atoms with E-state index in [0.717, 1.165) is 0 Å². The Morgan fingerprint density at radius 3 is 2.53 bits per heavy atom. The zero-order valence-electron chi connectivity index (χ0n) is 8.82. The first-order valence-electron chi connectivity index (χ1n) is 5.00. The van der Waals surface area contributed by atoms with E-state index in [4.69, 9.17) is 4.74 Å². The highest BCUT2D eigenvalue weighted by molar-refractivity contribution is 7.93. The Bertz CT molecular complexity index is 387. The largest absolute Gasteiger partial charge is 0.447 e. The first kappa shape index (κ1) is 10.7. The lowest BCUT2D eigenvalue weighted by Crippen LogP contribution is -2.45. The van der Waals surface area contributed by atoms with Gasteiger partial charge in [-0.1, -0.05) is 0 Å². The van der Waals surface area contributed by atoms with Crippen molar-refractivity contribution >= 4 is 15.9 Å². The summed E-state index contributed by atoms with van der Waals surface area (Å²) in [6.07, 6.45) is 0.156. The Kier molecular flexibility index (Phi) is 2.22. The summed E-state index contributed by atoms with van der Waals surface area (Å²) in [5, 5.41) is 2.66. The van der Waals surface area contributed by atoms with E-state index < -0.39 is 20.7 Å². The number of hydrogen-bond acceptors (Lipinski definition) is 4. The molecule has 2 rings (SSSR count). The summed E-state index contributed by atoms with van der Waals surface area (Å²) in [5.41, 5.74) is 0. The molecule has 0 bridgehead atoms. The van der Waals surface area contributed by atoms with E-state index in [0.29, 0.717) is 6.42 Å². The molecule has 86 valence electrons. The third-order valence-corrected chi connectivity index (χ3v) is 6.25. The van der Waals surface area contributed by atoms with E-state index in [1.807, 2.05) is 0 Å². The Morgan fingerprint density at radius 1 is 1.47 bits per heavy atom. The van der Waals surface area contributed by atoms with Crippen LogP contribution in [-0.2, 0) is 14.6 Å². The van der Waals surface area contributed by atoms with E-state index in [1.165, 1.54) is 0 Å². The molecule has 2 saturated heterocycles. The number of cyclic esters (lactones) is 1. The van der Waals surface area contributed by atoms with Crippen molar-refractivity contribution in [3.05, 3.63) is 0 Å². The summed E-state index contributed by atoms with van der Waals surface area (Å²) in [6, 6.07) is -0.162. The third-order valence-electron chi connectivity index (χ3n) is 3.58. The van der Waals surface area contributed by atoms with Crippen molar-refractivity contribution in [2.45, 2.75) is 31.1 Å². The van der Waals surface area contributed by atoms with Crippen molar-refractivity contribution in [3.8, 4) is 0 Å². The molecule has 0 spiro atoms. The maximum atomic E-state index is 11.8. The molecule has 2 fully saturated rings. The van der Waals surface area contributed by atoms with Crippen LogP contribution in [0.3, 0.4) is 0 Å². The van der Waals surface area contributed by atoms with Crippen molar-refractivity contribution in [2.75, 3.05) is 12.4 Å². The number of carbonyl (C=O) groups is 1. The molecule has 0 saturated carbocycles. The molecular formula is C9H15NO4S. The van der Waals surface area contributed by atoms with Crippen molar-refractivity contribution in [1.82, 2.24) is 5.32 Å². The molecule has 15 heavy (non-hydrogen) atoms. The average Bonchev–Trinajstić information content (AvgIpc) is 2.58. The van der Waals surface area contributed by atoms with Crippen molar-refractivity contribution in [1.29, 1.82) is 0 Å². The molecule has 2 heterocycles. The molecule has 0 radical (unpaired) electrons. The SMILES string of the molecule is CC1(C)C(C2COC(=O)N2)CCS1(=O)=O. The molecule has 6 heteroatoms. The van der Waals surface area contributed by atoms with Crippen LogP contribution in [0.1, 0.15) is 20.3 Å². The second-order valence-corrected chi connectivity index (χ2v) is 7.36. The quantitative estimate of drug-likeness (QED) is 0.707. The molecule has 1 N–H and O–H groups in total. The summed E-state index contributed by atoms with van der Waals surface area (Å²) >= 11 is 0. The highest BCUT2D eigenvalue weighted by Crippen LogP contribution is 2.39. The van der Waals surface area contributed by atoms with Crippen LogP contribution in [0.25, 0.3) is 0 Å². The molecule has 2 aliphatic heterocycles. The second kappa shape index (κ2) is 3.10. The highest BCUT2D eigenvalue weighted by atomic mass is 32.2. The number of ether oxygens (including phenoxy) is 1. The van der Waals surface area contributed by atoms with Crippen LogP contribution in [0.15, 0.2) is 0 Å². The molecule has 2 aliphatic rings. The summed E-state index contributed by atoms with van der Waals surface area (Å²) in [6.45, 7) is 3.73. The highest BCUT2D eigenvalue weighted by Gasteiger charge is 2.52. The topological polar surface area (TPSA) is 72.5 Å². The number of sulfone groups is 1. The van der Waals surface area contributed by atoms with Gasteiger partial charge >= 0.3 is 6.09 Å². The number of nitrogens with one attached hydrogen (secondary N) is 1. The van der Waals surface area contributed by atoms with Gasteiger partial charge in [0, 0.05) is 5.92 Å². The Hall–Kier alpha value is -0.780. The molecule has 5 nitrogen and oxygen atoms in total. The van der Waals surface area contributed by atoms with Crippen molar-refractivity contribution in [2.24, 2.45) is 5.92 Å². The summed E-state index contributed by atoms with van der Waals surface area (Å²) in [5.74, 6) is 0.158. The van der Waals surface area contributed by atoms with Crippen LogP contribution in [0.5, 0.6) is 0 Å². The number of rotatable bonds is 1. The van der Waals surface area contributed by atoms with Crippen LogP contribution in [0, 0.1) is 5.92 Å². The van der Waals surface area contributed by atoms with E-state index in [1.54, 1.807) is 13.8 Å². The first-order chi connectivity index (χ1) is 6.84. The Labute approximate surface area is 89.1 Å². The lowest BCUT2D eigenvalue weighted by molar-refractivity contribution is 0.174. The maximum absolute atomic E-state index is 11.8. The lowest BCUT2D eigenvalue weighted by atomic mass is 9.86. The normalized spacial score (nSPS) is 37.3. The molecule has 2 unspecified atom stereocenters. The smallest absolute Gasteiger partial charge is 0.407 e. The number of amides is 1. The van der Waals surface area contributed by atoms with Crippen LogP contribution < -0.4 is 5.32 Å². The number of hydrogen-bond donors (Lipinski definition) is 1. The van der Waals surface area contributed by atoms with E-state index in [-0.39, 0.29) is 24.3 Å². The van der Waals surface area contributed by atoms with Gasteiger partial charge in [0.25, 0.3) is 0 Å². The van der Waals surface area contributed by atoms with Gasteiger partial charge in [-0.25, -0.2) is 13.2 Å². The van der Waals surface area contributed by atoms with Crippen molar-refractivity contribution < 1.29 is 17.9 Å². The second-order valence-electron chi connectivity index (χ2n) is 4.67. The maximum Gasteiger partial charge on any atom is 0.407 e. The zero-order chi connectivity index (χ0) is 11.3. The van der Waals surface area contributed by atoms with Crippen molar-refractivity contribution in [3.63, 3.8) is 0 Å². The van der Waals surface area contributed by atoms with Crippen LogP contribution in [0.2, 0.25) is 0 Å². The zero-order valence-corrected chi connectivity index (χ0v) is 9.63. The van der Waals surface area contributed by atoms with E-state index >= 15 is 0 Å². The van der Waals surface area contributed by atoms with Crippen LogP contribution in [-0.4, -0.2) is 37.7 Å². The lowest BCUT2D eigenvalue weighted by Gasteiger charge is -2.28. The number of alkyl carbamates (subject to hydrolysis) is 1. The van der Waals surface area contributed by atoms with Gasteiger partial charge < -0.3 is 10.1 Å². The summed E-state index contributed by atoms with van der Waals surface area (Å²) in [4.78, 5) is 10.9. The minimum absolute atomic E-state index is 0.0473. The molecule has 2 atom stereocenters. The van der Waals surface area contributed by atoms with Gasteiger partial charge in [-0.15, -0.1) is 0 Å². The van der Waals surface area contributed by atoms with Gasteiger partial charge in [-0.05, 0) is 20.3 Å². The van der Waals surface area contributed by atoms with Gasteiger partial charge in [-0.3, -0.25) is 0 Å². The van der Waals surface area contributed by atoms with Gasteiger partial charge in [-0.2, -0.15) is 0 Å². The molecule has 0 aromatic heterocycles. The molecule has 0 aromatic rings. The predicted molar refractivity (Wildman–Crippen MR) is 54.2 cm³/mol. The van der Waals surface area contributed by atoms with Gasteiger partial charge in [0.15, 0.2) is 9.84 Å². The van der Waals surface area contributed by atoms with Gasteiger partial charge in [0.05, 0.1) is 16.5 Å². The summed E-state index contributed by atoms with van der Waals surface area (Å²) in [7, 11) is -3.04. The van der Waals surface area contributed by atoms with Crippen LogP contribution in [0.4, 0.5) is 4.79 Å². The fourth-order valence-corrected chi connectivity index (χ4v) is 4.26. The van der Waals surface area contributed by atoms with Gasteiger partial charge in [0.1, 0.15) is 6.61 Å². The monoisotopic (exact) mass is 233 g/mol. The Morgan fingerprint density at radius 2 is 2.13 bits per heavy atom. The van der Waals surface area contributed by atoms with Gasteiger partial charge in [0.2, 0.25) is 0 Å². The standard InChI is InChI=1S/C9H15NO4S/c1-9(2)6(3-4-15(9,12)13)7-5-14-8(11)10-7/h6-7H,3-5H2,1-2H3,(H,10,11). The minimum atomic E-state index is -3.04.